The van der Waals surface area contributed by atoms with Crippen molar-refractivity contribution in [1.82, 2.24) is 24.7 Å². The Bertz CT molecular complexity index is 597. The Kier molecular flexibility index (Phi) is 4.12. The predicted molar refractivity (Wildman–Crippen MR) is 66.3 cm³/mol. The molecule has 0 atom stereocenters. The molecule has 2 heterocycles. The van der Waals surface area contributed by atoms with E-state index in [1.54, 1.807) is 18.5 Å². The Morgan fingerprint density at radius 3 is 2.65 bits per heavy atom. The van der Waals surface area contributed by atoms with Crippen molar-refractivity contribution in [3.8, 4) is 0 Å². The van der Waals surface area contributed by atoms with E-state index >= 15 is 0 Å². The highest BCUT2D eigenvalue weighted by Crippen LogP contribution is 2.31. The fraction of sp³-hybridized carbons (Fsp3) is 0.400. The number of nitrogens with one attached hydrogen (secondary N) is 1. The van der Waals surface area contributed by atoms with E-state index in [1.807, 2.05) is 0 Å². The van der Waals surface area contributed by atoms with E-state index in [1.165, 1.54) is 12.4 Å². The average molecular weight is 304 g/mol. The summed E-state index contributed by atoms with van der Waals surface area (Å²) in [6.07, 6.45) is -3.14. The lowest BCUT2D eigenvalue weighted by Gasteiger charge is -2.10. The Morgan fingerprint density at radius 2 is 2.10 bits per heavy atom. The predicted octanol–water partition coefficient (Wildman–Crippen LogP) is 2.21. The second-order valence-electron chi connectivity index (χ2n) is 3.77. The maximum Gasteiger partial charge on any atom is 0.451 e. The van der Waals surface area contributed by atoms with Crippen LogP contribution in [0.25, 0.3) is 0 Å². The lowest BCUT2D eigenvalue weighted by molar-refractivity contribution is -0.145. The molecule has 2 aromatic heterocycles. The van der Waals surface area contributed by atoms with Gasteiger partial charge in [0.1, 0.15) is 17.2 Å². The zero-order valence-electron chi connectivity index (χ0n) is 10.6. The zero-order valence-corrected chi connectivity index (χ0v) is 11.5. The van der Waals surface area contributed by atoms with E-state index in [0.717, 1.165) is 11.8 Å². The van der Waals surface area contributed by atoms with Gasteiger partial charge in [-0.05, 0) is 18.7 Å². The number of halogens is 3. The molecule has 0 unspecified atom stereocenters. The standard InChI is InChI=1S/C10H11F3N6S/c1-3-14-6-4-7(17-8(16-6)10(11,12)13)20-9-18-15-5-19(9)2/h4-5H,3H2,1-2H3,(H,14,16,17). The van der Waals surface area contributed by atoms with E-state index in [9.17, 15) is 13.2 Å². The van der Waals surface area contributed by atoms with Crippen LogP contribution in [0.3, 0.4) is 0 Å². The minimum absolute atomic E-state index is 0.125. The van der Waals surface area contributed by atoms with E-state index in [-0.39, 0.29) is 10.8 Å². The van der Waals surface area contributed by atoms with Crippen molar-refractivity contribution < 1.29 is 13.2 Å². The topological polar surface area (TPSA) is 68.5 Å². The van der Waals surface area contributed by atoms with Gasteiger partial charge in [0.25, 0.3) is 0 Å². The highest BCUT2D eigenvalue weighted by atomic mass is 32.2. The highest BCUT2D eigenvalue weighted by Gasteiger charge is 2.35. The first-order valence-electron chi connectivity index (χ1n) is 5.62. The van der Waals surface area contributed by atoms with Crippen molar-refractivity contribution >= 4 is 17.6 Å². The molecule has 0 spiro atoms. The normalized spacial score (nSPS) is 11.7. The van der Waals surface area contributed by atoms with Crippen molar-refractivity contribution in [1.29, 1.82) is 0 Å². The largest absolute Gasteiger partial charge is 0.451 e. The second kappa shape index (κ2) is 5.65. The molecule has 1 N–H and O–H groups in total. The Morgan fingerprint density at radius 1 is 1.35 bits per heavy atom. The first kappa shape index (κ1) is 14.6. The molecule has 108 valence electrons. The van der Waals surface area contributed by atoms with Gasteiger partial charge in [-0.15, -0.1) is 10.2 Å². The third kappa shape index (κ3) is 3.38. The number of hydrogen-bond acceptors (Lipinski definition) is 6. The summed E-state index contributed by atoms with van der Waals surface area (Å²) in [6.45, 7) is 2.23. The molecule has 0 saturated heterocycles. The molecule has 0 fully saturated rings. The molecule has 6 nitrogen and oxygen atoms in total. The van der Waals surface area contributed by atoms with Gasteiger partial charge in [-0.1, -0.05) is 0 Å². The maximum absolute atomic E-state index is 12.8. The molecule has 0 aliphatic rings. The number of rotatable bonds is 4. The van der Waals surface area contributed by atoms with Crippen LogP contribution in [0.5, 0.6) is 0 Å². The van der Waals surface area contributed by atoms with Crippen molar-refractivity contribution in [2.24, 2.45) is 7.05 Å². The third-order valence-corrected chi connectivity index (χ3v) is 3.15. The fourth-order valence-electron chi connectivity index (χ4n) is 1.33. The molecular weight excluding hydrogens is 293 g/mol. The molecule has 10 heteroatoms. The summed E-state index contributed by atoms with van der Waals surface area (Å²) in [5, 5.41) is 10.8. The van der Waals surface area contributed by atoms with Gasteiger partial charge in [-0.25, -0.2) is 9.97 Å². The number of anilines is 1. The van der Waals surface area contributed by atoms with Crippen LogP contribution < -0.4 is 5.32 Å². The molecule has 2 rings (SSSR count). The number of aromatic nitrogens is 5. The van der Waals surface area contributed by atoms with E-state index in [4.69, 9.17) is 0 Å². The van der Waals surface area contributed by atoms with Crippen molar-refractivity contribution in [3.05, 3.63) is 18.2 Å². The van der Waals surface area contributed by atoms with Crippen LogP contribution in [0, 0.1) is 0 Å². The molecule has 20 heavy (non-hydrogen) atoms. The summed E-state index contributed by atoms with van der Waals surface area (Å²) in [6, 6.07) is 1.44. The third-order valence-electron chi connectivity index (χ3n) is 2.18. The number of hydrogen-bond donors (Lipinski definition) is 1. The summed E-state index contributed by atoms with van der Waals surface area (Å²) in [7, 11) is 1.69. The highest BCUT2D eigenvalue weighted by molar-refractivity contribution is 7.99. The van der Waals surface area contributed by atoms with Crippen LogP contribution in [0.15, 0.2) is 22.6 Å². The van der Waals surface area contributed by atoms with Gasteiger partial charge in [-0.3, -0.25) is 0 Å². The summed E-state index contributed by atoms with van der Waals surface area (Å²) in [4.78, 5) is 6.95. The SMILES string of the molecule is CCNc1cc(Sc2nncn2C)nc(C(F)(F)F)n1. The molecule has 0 saturated carbocycles. The number of aryl methyl sites for hydroxylation is 1. The molecule has 0 radical (unpaired) electrons. The van der Waals surface area contributed by atoms with Gasteiger partial charge < -0.3 is 9.88 Å². The Labute approximate surface area is 116 Å². The van der Waals surface area contributed by atoms with Gasteiger partial charge in [-0.2, -0.15) is 13.2 Å². The van der Waals surface area contributed by atoms with Crippen molar-refractivity contribution in [3.63, 3.8) is 0 Å². The summed E-state index contributed by atoms with van der Waals surface area (Å²) in [5.41, 5.74) is 0. The van der Waals surface area contributed by atoms with Gasteiger partial charge in [0.05, 0.1) is 0 Å². The smallest absolute Gasteiger partial charge is 0.370 e. The Balaban J connectivity index is 2.36. The summed E-state index contributed by atoms with van der Waals surface area (Å²) >= 11 is 0.989. The molecule has 0 aromatic carbocycles. The summed E-state index contributed by atoms with van der Waals surface area (Å²) < 4.78 is 39.8. The minimum Gasteiger partial charge on any atom is -0.370 e. The van der Waals surface area contributed by atoms with E-state index < -0.39 is 12.0 Å². The van der Waals surface area contributed by atoms with Crippen LogP contribution in [0.1, 0.15) is 12.7 Å². The molecule has 0 aliphatic carbocycles. The lowest BCUT2D eigenvalue weighted by Crippen LogP contribution is -2.13. The Hall–Kier alpha value is -1.84. The minimum atomic E-state index is -4.60. The van der Waals surface area contributed by atoms with Crippen LogP contribution in [0.4, 0.5) is 19.0 Å². The summed E-state index contributed by atoms with van der Waals surface area (Å²) in [5.74, 6) is -1.06. The molecule has 2 aromatic rings. The van der Waals surface area contributed by atoms with Gasteiger partial charge >= 0.3 is 6.18 Å². The first-order chi connectivity index (χ1) is 9.40. The van der Waals surface area contributed by atoms with Gasteiger partial charge in [0.15, 0.2) is 5.16 Å². The molecule has 0 bridgehead atoms. The van der Waals surface area contributed by atoms with E-state index in [2.05, 4.69) is 25.5 Å². The van der Waals surface area contributed by atoms with Gasteiger partial charge in [0, 0.05) is 19.7 Å². The quantitative estimate of drug-likeness (QED) is 0.873. The van der Waals surface area contributed by atoms with Crippen LogP contribution in [0.2, 0.25) is 0 Å². The monoisotopic (exact) mass is 304 g/mol. The van der Waals surface area contributed by atoms with Crippen LogP contribution in [-0.4, -0.2) is 31.3 Å². The fourth-order valence-corrected chi connectivity index (χ4v) is 2.10. The zero-order chi connectivity index (χ0) is 14.8. The molecular formula is C10H11F3N6S. The molecule has 0 amide bonds. The number of alkyl halides is 3. The maximum atomic E-state index is 12.8. The first-order valence-corrected chi connectivity index (χ1v) is 6.43. The van der Waals surface area contributed by atoms with Crippen LogP contribution >= 0.6 is 11.8 Å². The number of nitrogens with zero attached hydrogens (tertiary/aromatic N) is 5. The second-order valence-corrected chi connectivity index (χ2v) is 4.76. The lowest BCUT2D eigenvalue weighted by atomic mass is 10.5. The van der Waals surface area contributed by atoms with Gasteiger partial charge in [0.2, 0.25) is 5.82 Å². The average Bonchev–Trinajstić information content (AvgIpc) is 2.74. The van der Waals surface area contributed by atoms with E-state index in [0.29, 0.717) is 11.7 Å². The van der Waals surface area contributed by atoms with Crippen molar-refractivity contribution in [2.45, 2.75) is 23.3 Å². The van der Waals surface area contributed by atoms with Crippen molar-refractivity contribution in [2.75, 3.05) is 11.9 Å². The molecule has 0 aliphatic heterocycles. The van der Waals surface area contributed by atoms with Crippen LogP contribution in [-0.2, 0) is 13.2 Å².